The molecule has 2 nitrogen and oxygen atoms in total. The maximum absolute atomic E-state index is 6.01. The van der Waals surface area contributed by atoms with Crippen molar-refractivity contribution in [2.75, 3.05) is 13.7 Å². The molecule has 0 bridgehead atoms. The number of nitrogens with one attached hydrogen (secondary N) is 1. The maximum Gasteiger partial charge on any atom is 0.0830 e. The lowest BCUT2D eigenvalue weighted by atomic mass is 9.77. The molecule has 1 rings (SSSR count). The molecule has 0 aromatic carbocycles. The van der Waals surface area contributed by atoms with Crippen LogP contribution in [0.3, 0.4) is 0 Å². The number of hydrogen-bond donors (Lipinski definition) is 1. The van der Waals surface area contributed by atoms with Crippen molar-refractivity contribution >= 4 is 0 Å². The molecule has 0 aromatic rings. The van der Waals surface area contributed by atoms with Gasteiger partial charge in [0, 0.05) is 13.2 Å². The average Bonchev–Trinajstić information content (AvgIpc) is 2.46. The van der Waals surface area contributed by atoms with Crippen molar-refractivity contribution in [3.05, 3.63) is 0 Å². The summed E-state index contributed by atoms with van der Waals surface area (Å²) in [6.07, 6.45) is 14.7. The zero-order valence-electron chi connectivity index (χ0n) is 13.5. The number of ether oxygens (including phenoxy) is 1. The first-order valence-corrected chi connectivity index (χ1v) is 8.57. The van der Waals surface area contributed by atoms with Gasteiger partial charge in [-0.2, -0.15) is 0 Å². The molecule has 1 saturated carbocycles. The van der Waals surface area contributed by atoms with E-state index in [1.54, 1.807) is 0 Å². The molecule has 0 spiro atoms. The number of methoxy groups -OCH3 is 1. The first-order valence-electron chi connectivity index (χ1n) is 8.57. The Hall–Kier alpha value is -0.0800. The van der Waals surface area contributed by atoms with E-state index in [9.17, 15) is 0 Å². The number of hydrogen-bond acceptors (Lipinski definition) is 2. The fourth-order valence-corrected chi connectivity index (χ4v) is 3.59. The second-order valence-electron chi connectivity index (χ2n) is 6.14. The van der Waals surface area contributed by atoms with Crippen LogP contribution >= 0.6 is 0 Å². The van der Waals surface area contributed by atoms with E-state index in [1.165, 1.54) is 70.6 Å². The summed E-state index contributed by atoms with van der Waals surface area (Å²) in [4.78, 5) is 0. The van der Waals surface area contributed by atoms with Crippen LogP contribution in [0.2, 0.25) is 0 Å². The van der Waals surface area contributed by atoms with Crippen LogP contribution in [0.15, 0.2) is 0 Å². The molecule has 1 aliphatic carbocycles. The molecule has 19 heavy (non-hydrogen) atoms. The van der Waals surface area contributed by atoms with Gasteiger partial charge in [-0.05, 0) is 25.8 Å². The fourth-order valence-electron chi connectivity index (χ4n) is 3.59. The molecule has 0 aromatic heterocycles. The molecule has 1 fully saturated rings. The van der Waals surface area contributed by atoms with Crippen LogP contribution in [0.4, 0.5) is 0 Å². The van der Waals surface area contributed by atoms with Crippen LogP contribution in [-0.2, 0) is 4.74 Å². The first kappa shape index (κ1) is 17.0. The highest BCUT2D eigenvalue weighted by molar-refractivity contribution is 4.95. The zero-order chi connectivity index (χ0) is 14.0. The lowest BCUT2D eigenvalue weighted by molar-refractivity contribution is -0.0694. The van der Waals surface area contributed by atoms with E-state index < -0.39 is 0 Å². The Morgan fingerprint density at radius 1 is 1.00 bits per heavy atom. The van der Waals surface area contributed by atoms with Crippen LogP contribution in [0.25, 0.3) is 0 Å². The quantitative estimate of drug-likeness (QED) is 0.582. The minimum atomic E-state index is 0.124. The van der Waals surface area contributed by atoms with E-state index in [1.807, 2.05) is 7.11 Å². The van der Waals surface area contributed by atoms with Crippen molar-refractivity contribution in [2.24, 2.45) is 0 Å². The molecule has 0 saturated heterocycles. The van der Waals surface area contributed by atoms with E-state index >= 15 is 0 Å². The number of likely N-dealkylation sites (N-methyl/N-ethyl adjacent to an activating group) is 1. The standard InChI is InChI=1S/C17H35NO/c1-4-6-7-8-10-13-16(18-5-2)17(19-3)14-11-9-12-15-17/h16,18H,4-15H2,1-3H3. The molecular formula is C17H35NO. The van der Waals surface area contributed by atoms with Gasteiger partial charge < -0.3 is 10.1 Å². The summed E-state index contributed by atoms with van der Waals surface area (Å²) >= 11 is 0. The minimum Gasteiger partial charge on any atom is -0.377 e. The predicted molar refractivity (Wildman–Crippen MR) is 83.7 cm³/mol. The van der Waals surface area contributed by atoms with Gasteiger partial charge in [-0.15, -0.1) is 0 Å². The van der Waals surface area contributed by atoms with Crippen molar-refractivity contribution in [3.63, 3.8) is 0 Å². The smallest absolute Gasteiger partial charge is 0.0830 e. The van der Waals surface area contributed by atoms with E-state index in [0.29, 0.717) is 6.04 Å². The Kier molecular flexibility index (Phi) is 8.72. The molecule has 114 valence electrons. The highest BCUT2D eigenvalue weighted by atomic mass is 16.5. The molecule has 0 aliphatic heterocycles. The van der Waals surface area contributed by atoms with Gasteiger partial charge in [-0.3, -0.25) is 0 Å². The second kappa shape index (κ2) is 9.77. The third kappa shape index (κ3) is 5.43. The molecule has 0 radical (unpaired) electrons. The van der Waals surface area contributed by atoms with Crippen LogP contribution < -0.4 is 5.32 Å². The Morgan fingerprint density at radius 3 is 2.26 bits per heavy atom. The molecule has 1 atom stereocenters. The summed E-state index contributed by atoms with van der Waals surface area (Å²) in [5, 5.41) is 3.71. The van der Waals surface area contributed by atoms with Gasteiger partial charge in [-0.25, -0.2) is 0 Å². The van der Waals surface area contributed by atoms with E-state index in [-0.39, 0.29) is 5.60 Å². The molecule has 0 heterocycles. The van der Waals surface area contributed by atoms with Gasteiger partial charge >= 0.3 is 0 Å². The van der Waals surface area contributed by atoms with Crippen LogP contribution in [0.1, 0.15) is 84.5 Å². The van der Waals surface area contributed by atoms with Crippen LogP contribution in [0.5, 0.6) is 0 Å². The fraction of sp³-hybridized carbons (Fsp3) is 1.00. The van der Waals surface area contributed by atoms with Crippen LogP contribution in [0, 0.1) is 0 Å². The summed E-state index contributed by atoms with van der Waals surface area (Å²) < 4.78 is 6.01. The van der Waals surface area contributed by atoms with E-state index in [2.05, 4.69) is 19.2 Å². The van der Waals surface area contributed by atoms with Crippen molar-refractivity contribution < 1.29 is 4.74 Å². The highest BCUT2D eigenvalue weighted by Crippen LogP contribution is 2.35. The van der Waals surface area contributed by atoms with Gasteiger partial charge in [0.2, 0.25) is 0 Å². The minimum absolute atomic E-state index is 0.124. The summed E-state index contributed by atoms with van der Waals surface area (Å²) in [6.45, 7) is 5.56. The zero-order valence-corrected chi connectivity index (χ0v) is 13.5. The summed E-state index contributed by atoms with van der Waals surface area (Å²) in [5.74, 6) is 0. The Bertz CT molecular complexity index is 211. The monoisotopic (exact) mass is 269 g/mol. The van der Waals surface area contributed by atoms with Crippen molar-refractivity contribution in [1.29, 1.82) is 0 Å². The normalized spacial score (nSPS) is 20.4. The van der Waals surface area contributed by atoms with Gasteiger partial charge in [0.15, 0.2) is 0 Å². The van der Waals surface area contributed by atoms with Crippen molar-refractivity contribution in [3.8, 4) is 0 Å². The topological polar surface area (TPSA) is 21.3 Å². The van der Waals surface area contributed by atoms with Gasteiger partial charge in [0.05, 0.1) is 5.60 Å². The summed E-state index contributed by atoms with van der Waals surface area (Å²) in [5.41, 5.74) is 0.124. The van der Waals surface area contributed by atoms with E-state index in [4.69, 9.17) is 4.74 Å². The van der Waals surface area contributed by atoms with Gasteiger partial charge in [0.25, 0.3) is 0 Å². The Morgan fingerprint density at radius 2 is 1.68 bits per heavy atom. The number of unbranched alkanes of at least 4 members (excludes halogenated alkanes) is 4. The third-order valence-corrected chi connectivity index (χ3v) is 4.79. The second-order valence-corrected chi connectivity index (χ2v) is 6.14. The third-order valence-electron chi connectivity index (χ3n) is 4.79. The first-order chi connectivity index (χ1) is 9.29. The molecule has 1 aliphatic rings. The molecule has 1 unspecified atom stereocenters. The van der Waals surface area contributed by atoms with Crippen LogP contribution in [-0.4, -0.2) is 25.3 Å². The average molecular weight is 269 g/mol. The number of rotatable bonds is 10. The predicted octanol–water partition coefficient (Wildman–Crippen LogP) is 4.67. The van der Waals surface area contributed by atoms with Gasteiger partial charge in [-0.1, -0.05) is 65.2 Å². The SMILES string of the molecule is CCCCCCCC(NCC)C1(OC)CCCCC1. The highest BCUT2D eigenvalue weighted by Gasteiger charge is 2.39. The largest absolute Gasteiger partial charge is 0.377 e. The molecular weight excluding hydrogens is 234 g/mol. The molecule has 0 amide bonds. The van der Waals surface area contributed by atoms with Gasteiger partial charge in [0.1, 0.15) is 0 Å². The Balaban J connectivity index is 2.44. The lowest BCUT2D eigenvalue weighted by Gasteiger charge is -2.43. The molecule has 2 heteroatoms. The summed E-state index contributed by atoms with van der Waals surface area (Å²) in [6, 6.07) is 0.560. The van der Waals surface area contributed by atoms with Crippen molar-refractivity contribution in [1.82, 2.24) is 5.32 Å². The summed E-state index contributed by atoms with van der Waals surface area (Å²) in [7, 11) is 1.92. The molecule has 1 N–H and O–H groups in total. The Labute approximate surface area is 120 Å². The van der Waals surface area contributed by atoms with Crippen molar-refractivity contribution in [2.45, 2.75) is 96.1 Å². The van der Waals surface area contributed by atoms with E-state index in [0.717, 1.165) is 6.54 Å². The lowest BCUT2D eigenvalue weighted by Crippen LogP contribution is -2.53. The maximum atomic E-state index is 6.01.